The molecule has 0 heterocycles. The minimum Gasteiger partial charge on any atom is -0.395 e. The molecule has 0 aromatic heterocycles. The molecule has 0 saturated heterocycles. The van der Waals surface area contributed by atoms with Gasteiger partial charge in [0.15, 0.2) is 0 Å². The zero-order chi connectivity index (χ0) is 9.68. The van der Waals surface area contributed by atoms with Crippen LogP contribution in [0.1, 0.15) is 46.0 Å². The van der Waals surface area contributed by atoms with Crippen molar-refractivity contribution in [2.45, 2.75) is 58.0 Å². The number of hydrogen-bond acceptors (Lipinski definition) is 2. The Hall–Kier alpha value is -0.0800. The quantitative estimate of drug-likeness (QED) is 0.658. The molecule has 0 bridgehead atoms. The predicted molar refractivity (Wildman–Crippen MR) is 55.7 cm³/mol. The van der Waals surface area contributed by atoms with Gasteiger partial charge in [0, 0.05) is 12.1 Å². The van der Waals surface area contributed by atoms with E-state index in [-0.39, 0.29) is 12.6 Å². The van der Waals surface area contributed by atoms with Crippen LogP contribution in [0.3, 0.4) is 0 Å². The van der Waals surface area contributed by atoms with Crippen LogP contribution in [0.2, 0.25) is 0 Å². The SMILES string of the molecule is CC1CCCC(N[C@H](C)CO)CC1. The van der Waals surface area contributed by atoms with Crippen molar-refractivity contribution < 1.29 is 5.11 Å². The highest BCUT2D eigenvalue weighted by Gasteiger charge is 2.16. The summed E-state index contributed by atoms with van der Waals surface area (Å²) in [6.45, 7) is 4.65. The monoisotopic (exact) mass is 185 g/mol. The van der Waals surface area contributed by atoms with Crippen molar-refractivity contribution in [2.24, 2.45) is 5.92 Å². The standard InChI is InChI=1S/C11H23NO/c1-9-4-3-5-11(7-6-9)12-10(2)8-13/h9-13H,3-8H2,1-2H3/t9?,10-,11?/m1/s1. The molecule has 0 radical (unpaired) electrons. The largest absolute Gasteiger partial charge is 0.395 e. The molecule has 2 N–H and O–H groups in total. The highest BCUT2D eigenvalue weighted by molar-refractivity contribution is 4.75. The van der Waals surface area contributed by atoms with Gasteiger partial charge in [-0.1, -0.05) is 19.8 Å². The van der Waals surface area contributed by atoms with Crippen molar-refractivity contribution in [3.63, 3.8) is 0 Å². The molecule has 0 aliphatic heterocycles. The summed E-state index contributed by atoms with van der Waals surface area (Å²) in [5.74, 6) is 0.899. The van der Waals surface area contributed by atoms with E-state index in [1.165, 1.54) is 32.1 Å². The molecule has 78 valence electrons. The lowest BCUT2D eigenvalue weighted by Crippen LogP contribution is -2.38. The summed E-state index contributed by atoms with van der Waals surface area (Å²) in [6, 6.07) is 0.908. The smallest absolute Gasteiger partial charge is 0.0582 e. The number of aliphatic hydroxyl groups excluding tert-OH is 1. The van der Waals surface area contributed by atoms with Crippen LogP contribution >= 0.6 is 0 Å². The lowest BCUT2D eigenvalue weighted by molar-refractivity contribution is 0.236. The Morgan fingerprint density at radius 2 is 2.08 bits per heavy atom. The molecule has 0 spiro atoms. The van der Waals surface area contributed by atoms with Crippen molar-refractivity contribution in [2.75, 3.05) is 6.61 Å². The van der Waals surface area contributed by atoms with Crippen molar-refractivity contribution in [1.29, 1.82) is 0 Å². The Kier molecular flexibility index (Phi) is 4.74. The first-order chi connectivity index (χ1) is 6.22. The third kappa shape index (κ3) is 4.10. The molecule has 1 saturated carbocycles. The van der Waals surface area contributed by atoms with Gasteiger partial charge in [-0.2, -0.15) is 0 Å². The Bertz CT molecular complexity index is 138. The summed E-state index contributed by atoms with van der Waals surface area (Å²) < 4.78 is 0. The Morgan fingerprint density at radius 1 is 1.31 bits per heavy atom. The average molecular weight is 185 g/mol. The molecule has 2 nitrogen and oxygen atoms in total. The maximum Gasteiger partial charge on any atom is 0.0582 e. The number of rotatable bonds is 3. The lowest BCUT2D eigenvalue weighted by Gasteiger charge is -2.20. The van der Waals surface area contributed by atoms with Crippen molar-refractivity contribution in [3.05, 3.63) is 0 Å². The molecule has 0 aromatic rings. The van der Waals surface area contributed by atoms with Crippen LogP contribution in [0.25, 0.3) is 0 Å². The maximum absolute atomic E-state index is 8.93. The normalized spacial score (nSPS) is 32.5. The van der Waals surface area contributed by atoms with E-state index in [0.717, 1.165) is 5.92 Å². The van der Waals surface area contributed by atoms with Crippen molar-refractivity contribution in [1.82, 2.24) is 5.32 Å². The van der Waals surface area contributed by atoms with E-state index in [9.17, 15) is 0 Å². The minimum absolute atomic E-state index is 0.256. The average Bonchev–Trinajstić information content (AvgIpc) is 2.31. The van der Waals surface area contributed by atoms with E-state index >= 15 is 0 Å². The number of nitrogens with one attached hydrogen (secondary N) is 1. The fourth-order valence-electron chi connectivity index (χ4n) is 2.11. The van der Waals surface area contributed by atoms with Crippen LogP contribution in [0.15, 0.2) is 0 Å². The van der Waals surface area contributed by atoms with E-state index in [1.807, 2.05) is 6.92 Å². The molecule has 1 fully saturated rings. The van der Waals surface area contributed by atoms with Gasteiger partial charge in [-0.05, 0) is 32.1 Å². The van der Waals surface area contributed by atoms with Crippen molar-refractivity contribution in [3.8, 4) is 0 Å². The summed E-state index contributed by atoms with van der Waals surface area (Å²) in [6.07, 6.45) is 6.64. The van der Waals surface area contributed by atoms with Crippen LogP contribution < -0.4 is 5.32 Å². The molecule has 1 rings (SSSR count). The summed E-state index contributed by atoms with van der Waals surface area (Å²) in [5.41, 5.74) is 0. The molecule has 1 aliphatic carbocycles. The molecule has 3 atom stereocenters. The van der Waals surface area contributed by atoms with E-state index in [2.05, 4.69) is 12.2 Å². The second-order valence-electron chi connectivity index (χ2n) is 4.56. The molecular formula is C11H23NO. The molecule has 0 aromatic carbocycles. The summed E-state index contributed by atoms with van der Waals surface area (Å²) in [4.78, 5) is 0. The first kappa shape index (κ1) is 11.0. The topological polar surface area (TPSA) is 32.3 Å². The Labute approximate surface area is 81.7 Å². The lowest BCUT2D eigenvalue weighted by atomic mass is 10.0. The first-order valence-electron chi connectivity index (χ1n) is 5.59. The summed E-state index contributed by atoms with van der Waals surface area (Å²) >= 11 is 0. The zero-order valence-corrected chi connectivity index (χ0v) is 8.92. The van der Waals surface area contributed by atoms with Crippen LogP contribution in [0.5, 0.6) is 0 Å². The second-order valence-corrected chi connectivity index (χ2v) is 4.56. The highest BCUT2D eigenvalue weighted by atomic mass is 16.3. The van der Waals surface area contributed by atoms with Gasteiger partial charge in [-0.3, -0.25) is 0 Å². The van der Waals surface area contributed by atoms with Gasteiger partial charge < -0.3 is 10.4 Å². The van der Waals surface area contributed by atoms with E-state index < -0.39 is 0 Å². The first-order valence-corrected chi connectivity index (χ1v) is 5.59. The molecule has 2 heteroatoms. The highest BCUT2D eigenvalue weighted by Crippen LogP contribution is 2.22. The Balaban J connectivity index is 2.25. The van der Waals surface area contributed by atoms with Gasteiger partial charge in [-0.15, -0.1) is 0 Å². The van der Waals surface area contributed by atoms with Gasteiger partial charge >= 0.3 is 0 Å². The second kappa shape index (κ2) is 5.61. The van der Waals surface area contributed by atoms with E-state index in [1.54, 1.807) is 0 Å². The van der Waals surface area contributed by atoms with E-state index in [4.69, 9.17) is 5.11 Å². The minimum atomic E-state index is 0.256. The molecule has 0 amide bonds. The van der Waals surface area contributed by atoms with Crippen LogP contribution in [-0.2, 0) is 0 Å². The number of hydrogen-bond donors (Lipinski definition) is 2. The van der Waals surface area contributed by atoms with Crippen LogP contribution in [-0.4, -0.2) is 23.8 Å². The van der Waals surface area contributed by atoms with Gasteiger partial charge in [0.1, 0.15) is 0 Å². The molecule has 1 aliphatic rings. The predicted octanol–water partition coefficient (Wildman–Crippen LogP) is 1.93. The fraction of sp³-hybridized carbons (Fsp3) is 1.00. The van der Waals surface area contributed by atoms with Gasteiger partial charge in [0.05, 0.1) is 6.61 Å². The zero-order valence-electron chi connectivity index (χ0n) is 8.92. The summed E-state index contributed by atoms with van der Waals surface area (Å²) in [7, 11) is 0. The van der Waals surface area contributed by atoms with E-state index in [0.29, 0.717) is 6.04 Å². The van der Waals surface area contributed by atoms with Crippen molar-refractivity contribution >= 4 is 0 Å². The van der Waals surface area contributed by atoms with Gasteiger partial charge in [0.25, 0.3) is 0 Å². The molecule has 2 unspecified atom stereocenters. The molecular weight excluding hydrogens is 162 g/mol. The van der Waals surface area contributed by atoms with Gasteiger partial charge in [-0.25, -0.2) is 0 Å². The third-order valence-electron chi connectivity index (χ3n) is 3.05. The maximum atomic E-state index is 8.93. The number of aliphatic hydroxyl groups is 1. The fourth-order valence-corrected chi connectivity index (χ4v) is 2.11. The van der Waals surface area contributed by atoms with Gasteiger partial charge in [0.2, 0.25) is 0 Å². The third-order valence-corrected chi connectivity index (χ3v) is 3.05. The Morgan fingerprint density at radius 3 is 2.77 bits per heavy atom. The molecule has 13 heavy (non-hydrogen) atoms. The van der Waals surface area contributed by atoms with Crippen LogP contribution in [0.4, 0.5) is 0 Å². The summed E-state index contributed by atoms with van der Waals surface area (Å²) in [5, 5.41) is 12.4. The van der Waals surface area contributed by atoms with Crippen LogP contribution in [0, 0.1) is 5.92 Å².